The largest absolute Gasteiger partial charge is 0.397 e. The number of benzene rings is 1. The molecule has 0 atom stereocenters. The van der Waals surface area contributed by atoms with Crippen molar-refractivity contribution >= 4 is 27.3 Å². The van der Waals surface area contributed by atoms with E-state index in [4.69, 9.17) is 5.73 Å². The molecule has 0 aliphatic carbocycles. The molecule has 1 saturated heterocycles. The van der Waals surface area contributed by atoms with Crippen LogP contribution < -0.4 is 11.1 Å². The Labute approximate surface area is 111 Å². The lowest BCUT2D eigenvalue weighted by atomic mass is 10.1. The number of likely N-dealkylation sites (tertiary alicyclic amines) is 1. The molecule has 0 unspecified atom stereocenters. The molecule has 4 heteroatoms. The second kappa shape index (κ2) is 6.26. The van der Waals surface area contributed by atoms with E-state index in [1.165, 1.54) is 32.4 Å². The van der Waals surface area contributed by atoms with E-state index >= 15 is 0 Å². The number of hydrogen-bond donors (Lipinski definition) is 2. The number of nitrogens with two attached hydrogens (primary N) is 1. The number of halogens is 1. The molecule has 0 radical (unpaired) electrons. The van der Waals surface area contributed by atoms with Crippen molar-refractivity contribution < 1.29 is 0 Å². The van der Waals surface area contributed by atoms with Gasteiger partial charge in [-0.15, -0.1) is 0 Å². The Morgan fingerprint density at radius 2 is 2.00 bits per heavy atom. The molecule has 0 bridgehead atoms. The highest BCUT2D eigenvalue weighted by molar-refractivity contribution is 9.10. The second-order valence-corrected chi connectivity index (χ2v) is 5.48. The quantitative estimate of drug-likeness (QED) is 0.840. The van der Waals surface area contributed by atoms with Crippen molar-refractivity contribution in [2.24, 2.45) is 0 Å². The zero-order chi connectivity index (χ0) is 12.1. The van der Waals surface area contributed by atoms with Crippen LogP contribution in [0.15, 0.2) is 22.7 Å². The summed E-state index contributed by atoms with van der Waals surface area (Å²) >= 11 is 3.41. The van der Waals surface area contributed by atoms with Gasteiger partial charge < -0.3 is 16.0 Å². The average Bonchev–Trinajstić information content (AvgIpc) is 2.33. The maximum Gasteiger partial charge on any atom is 0.0575 e. The van der Waals surface area contributed by atoms with Crippen LogP contribution in [0.1, 0.15) is 19.3 Å². The molecule has 1 aliphatic heterocycles. The summed E-state index contributed by atoms with van der Waals surface area (Å²) in [5.74, 6) is 0. The van der Waals surface area contributed by atoms with Crippen LogP contribution in [0.2, 0.25) is 0 Å². The third kappa shape index (κ3) is 3.89. The smallest absolute Gasteiger partial charge is 0.0575 e. The van der Waals surface area contributed by atoms with Crippen molar-refractivity contribution in [3.05, 3.63) is 22.7 Å². The van der Waals surface area contributed by atoms with Gasteiger partial charge in [0.15, 0.2) is 0 Å². The topological polar surface area (TPSA) is 41.3 Å². The van der Waals surface area contributed by atoms with Crippen LogP contribution in [0.4, 0.5) is 11.4 Å². The molecule has 0 aromatic heterocycles. The predicted molar refractivity (Wildman–Crippen MR) is 77.3 cm³/mol. The molecule has 3 nitrogen and oxygen atoms in total. The summed E-state index contributed by atoms with van der Waals surface area (Å²) in [6.45, 7) is 4.57. The molecular weight excluding hydrogens is 278 g/mol. The van der Waals surface area contributed by atoms with Gasteiger partial charge in [0.05, 0.1) is 11.4 Å². The first-order valence-electron chi connectivity index (χ1n) is 6.27. The van der Waals surface area contributed by atoms with Crippen LogP contribution in [-0.4, -0.2) is 31.1 Å². The van der Waals surface area contributed by atoms with Crippen molar-refractivity contribution in [3.8, 4) is 0 Å². The number of nitrogens with one attached hydrogen (secondary N) is 1. The highest BCUT2D eigenvalue weighted by atomic mass is 79.9. The lowest BCUT2D eigenvalue weighted by Crippen LogP contribution is -2.33. The third-order valence-corrected chi connectivity index (χ3v) is 3.70. The summed E-state index contributed by atoms with van der Waals surface area (Å²) in [6, 6.07) is 5.97. The monoisotopic (exact) mass is 297 g/mol. The first-order chi connectivity index (χ1) is 8.25. The van der Waals surface area contributed by atoms with E-state index in [0.29, 0.717) is 0 Å². The fourth-order valence-corrected chi connectivity index (χ4v) is 2.61. The van der Waals surface area contributed by atoms with Crippen molar-refractivity contribution in [2.45, 2.75) is 19.3 Å². The van der Waals surface area contributed by atoms with E-state index in [-0.39, 0.29) is 0 Å². The highest BCUT2D eigenvalue weighted by Crippen LogP contribution is 2.22. The fourth-order valence-electron chi connectivity index (χ4n) is 2.23. The molecule has 94 valence electrons. The normalized spacial score (nSPS) is 17.0. The van der Waals surface area contributed by atoms with Gasteiger partial charge in [0.1, 0.15) is 0 Å². The maximum absolute atomic E-state index is 5.93. The molecule has 1 fully saturated rings. The van der Waals surface area contributed by atoms with Gasteiger partial charge >= 0.3 is 0 Å². The molecule has 0 saturated carbocycles. The summed E-state index contributed by atoms with van der Waals surface area (Å²) in [6.07, 6.45) is 4.09. The summed E-state index contributed by atoms with van der Waals surface area (Å²) in [7, 11) is 0. The molecule has 3 N–H and O–H groups in total. The first-order valence-corrected chi connectivity index (χ1v) is 7.06. The van der Waals surface area contributed by atoms with E-state index in [1.807, 2.05) is 18.2 Å². The summed E-state index contributed by atoms with van der Waals surface area (Å²) in [4.78, 5) is 2.52. The van der Waals surface area contributed by atoms with Gasteiger partial charge in [0.2, 0.25) is 0 Å². The molecule has 17 heavy (non-hydrogen) atoms. The summed E-state index contributed by atoms with van der Waals surface area (Å²) in [5.41, 5.74) is 7.77. The number of hydrogen-bond acceptors (Lipinski definition) is 3. The number of rotatable bonds is 4. The zero-order valence-corrected chi connectivity index (χ0v) is 11.7. The minimum atomic E-state index is 0.804. The standard InChI is InChI=1S/C13H20BrN3/c14-11-4-5-13(12(15)10-11)16-6-9-17-7-2-1-3-8-17/h4-5,10,16H,1-3,6-9,15H2. The van der Waals surface area contributed by atoms with Gasteiger partial charge in [-0.05, 0) is 44.1 Å². The van der Waals surface area contributed by atoms with Crippen LogP contribution in [0.5, 0.6) is 0 Å². The molecule has 1 aromatic rings. The molecular formula is C13H20BrN3. The van der Waals surface area contributed by atoms with Gasteiger partial charge in [-0.2, -0.15) is 0 Å². The number of piperidine rings is 1. The Kier molecular flexibility index (Phi) is 4.68. The lowest BCUT2D eigenvalue weighted by Gasteiger charge is -2.26. The van der Waals surface area contributed by atoms with Gasteiger partial charge in [-0.25, -0.2) is 0 Å². The van der Waals surface area contributed by atoms with Crippen LogP contribution in [0.25, 0.3) is 0 Å². The van der Waals surface area contributed by atoms with Gasteiger partial charge in [-0.3, -0.25) is 0 Å². The van der Waals surface area contributed by atoms with E-state index < -0.39 is 0 Å². The Hall–Kier alpha value is -0.740. The van der Waals surface area contributed by atoms with Crippen molar-refractivity contribution in [1.82, 2.24) is 4.90 Å². The summed E-state index contributed by atoms with van der Waals surface area (Å²) in [5, 5.41) is 3.40. The molecule has 2 rings (SSSR count). The van der Waals surface area contributed by atoms with E-state index in [1.54, 1.807) is 0 Å². The minimum absolute atomic E-state index is 0.804. The van der Waals surface area contributed by atoms with Crippen LogP contribution in [0.3, 0.4) is 0 Å². The van der Waals surface area contributed by atoms with Gasteiger partial charge in [-0.1, -0.05) is 22.4 Å². The Balaban J connectivity index is 1.77. The van der Waals surface area contributed by atoms with Crippen LogP contribution in [0, 0.1) is 0 Å². The maximum atomic E-state index is 5.93. The van der Waals surface area contributed by atoms with Gasteiger partial charge in [0.25, 0.3) is 0 Å². The molecule has 1 aromatic carbocycles. The zero-order valence-electron chi connectivity index (χ0n) is 10.1. The van der Waals surface area contributed by atoms with E-state index in [0.717, 1.165) is 28.9 Å². The van der Waals surface area contributed by atoms with Crippen molar-refractivity contribution in [1.29, 1.82) is 0 Å². The molecule has 1 aliphatic rings. The van der Waals surface area contributed by atoms with Gasteiger partial charge in [0, 0.05) is 17.6 Å². The van der Waals surface area contributed by atoms with Crippen LogP contribution in [-0.2, 0) is 0 Å². The predicted octanol–water partition coefficient (Wildman–Crippen LogP) is 2.93. The first kappa shape index (κ1) is 12.7. The summed E-state index contributed by atoms with van der Waals surface area (Å²) < 4.78 is 1.02. The van der Waals surface area contributed by atoms with Crippen LogP contribution >= 0.6 is 15.9 Å². The SMILES string of the molecule is Nc1cc(Br)ccc1NCCN1CCCCC1. The second-order valence-electron chi connectivity index (χ2n) is 4.56. The number of nitrogens with zero attached hydrogens (tertiary/aromatic N) is 1. The van der Waals surface area contributed by atoms with E-state index in [2.05, 4.69) is 26.1 Å². The number of nitrogen functional groups attached to an aromatic ring is 1. The van der Waals surface area contributed by atoms with E-state index in [9.17, 15) is 0 Å². The minimum Gasteiger partial charge on any atom is -0.397 e. The average molecular weight is 298 g/mol. The number of anilines is 2. The molecule has 1 heterocycles. The highest BCUT2D eigenvalue weighted by Gasteiger charge is 2.09. The lowest BCUT2D eigenvalue weighted by molar-refractivity contribution is 0.237. The Morgan fingerprint density at radius 3 is 2.71 bits per heavy atom. The third-order valence-electron chi connectivity index (χ3n) is 3.21. The Bertz CT molecular complexity index is 362. The van der Waals surface area contributed by atoms with Crippen molar-refractivity contribution in [2.75, 3.05) is 37.2 Å². The molecule has 0 amide bonds. The fraction of sp³-hybridized carbons (Fsp3) is 0.538. The van der Waals surface area contributed by atoms with Crippen molar-refractivity contribution in [3.63, 3.8) is 0 Å². The Morgan fingerprint density at radius 1 is 1.24 bits per heavy atom. The molecule has 0 spiro atoms.